The molecular weight excluding hydrogens is 400 g/mol. The van der Waals surface area contributed by atoms with E-state index in [0.717, 1.165) is 26.8 Å². The van der Waals surface area contributed by atoms with Crippen LogP contribution in [0.4, 0.5) is 0 Å². The molecule has 0 bridgehead atoms. The van der Waals surface area contributed by atoms with Gasteiger partial charge in [-0.1, -0.05) is 70.0 Å². The van der Waals surface area contributed by atoms with Crippen LogP contribution in [0.3, 0.4) is 0 Å². The quantitative estimate of drug-likeness (QED) is 0.433. The van der Waals surface area contributed by atoms with Gasteiger partial charge in [-0.15, -0.1) is 0 Å². The Morgan fingerprint density at radius 1 is 0.889 bits per heavy atom. The molecule has 3 aromatic carbocycles. The summed E-state index contributed by atoms with van der Waals surface area (Å²) in [5, 5.41) is 5.55. The molecule has 0 N–H and O–H groups in total. The van der Waals surface area contributed by atoms with Gasteiger partial charge in [0.05, 0.1) is 11.4 Å². The molecule has 0 unspecified atom stereocenters. The summed E-state index contributed by atoms with van der Waals surface area (Å²) in [6.07, 6.45) is 3.98. The number of fused-ring (bicyclic) bond motifs is 1. The Morgan fingerprint density at radius 3 is 2.33 bits per heavy atom. The van der Waals surface area contributed by atoms with Crippen molar-refractivity contribution in [2.45, 2.75) is 6.92 Å². The smallest absolute Gasteiger partial charge is 0.204 e. The summed E-state index contributed by atoms with van der Waals surface area (Å²) in [6.45, 7) is 2.07. The molecule has 4 heteroatoms. The molecule has 0 radical (unpaired) electrons. The first kappa shape index (κ1) is 17.4. The van der Waals surface area contributed by atoms with Crippen molar-refractivity contribution in [2.75, 3.05) is 0 Å². The standard InChI is InChI=1S/C23H17BrN2O/c1-16-6-8-17(9-7-16)10-15-21-20-4-2-3-5-22(27)23(20)26(25-21)19-13-11-18(24)12-14-19/h2-15H,1H3/b15-10-. The van der Waals surface area contributed by atoms with Gasteiger partial charge in [0, 0.05) is 9.86 Å². The van der Waals surface area contributed by atoms with Crippen LogP contribution in [0.2, 0.25) is 0 Å². The van der Waals surface area contributed by atoms with Crippen LogP contribution in [0, 0.1) is 6.92 Å². The number of aromatic nitrogens is 2. The fourth-order valence-electron chi connectivity index (χ4n) is 2.97. The summed E-state index contributed by atoms with van der Waals surface area (Å²) in [6, 6.07) is 23.2. The Morgan fingerprint density at radius 2 is 1.59 bits per heavy atom. The van der Waals surface area contributed by atoms with E-state index >= 15 is 0 Å². The summed E-state index contributed by atoms with van der Waals surface area (Å²) in [4.78, 5) is 12.7. The summed E-state index contributed by atoms with van der Waals surface area (Å²) in [7, 11) is 0. The highest BCUT2D eigenvalue weighted by molar-refractivity contribution is 9.10. The number of benzene rings is 2. The highest BCUT2D eigenvalue weighted by Gasteiger charge is 2.12. The van der Waals surface area contributed by atoms with Crippen LogP contribution in [0.1, 0.15) is 16.8 Å². The van der Waals surface area contributed by atoms with Crippen molar-refractivity contribution >= 4 is 39.0 Å². The molecule has 0 atom stereocenters. The van der Waals surface area contributed by atoms with Crippen molar-refractivity contribution in [1.29, 1.82) is 0 Å². The Bertz CT molecular complexity index is 1190. The second kappa shape index (κ2) is 7.33. The normalized spacial score (nSPS) is 11.3. The maximum atomic E-state index is 12.7. The maximum Gasteiger partial charge on any atom is 0.204 e. The SMILES string of the molecule is Cc1ccc(/C=C\c2nn(-c3ccc(Br)cc3)c3c(=O)ccccc23)cc1. The molecule has 0 aliphatic rings. The van der Waals surface area contributed by atoms with Crippen LogP contribution in [0.15, 0.2) is 82.1 Å². The number of halogens is 1. The minimum absolute atomic E-state index is 0.0552. The predicted octanol–water partition coefficient (Wildman–Crippen LogP) is 5.63. The van der Waals surface area contributed by atoms with Crippen molar-refractivity contribution in [1.82, 2.24) is 9.78 Å². The van der Waals surface area contributed by atoms with Gasteiger partial charge in [-0.05, 0) is 48.9 Å². The number of aryl methyl sites for hydroxylation is 1. The lowest BCUT2D eigenvalue weighted by Gasteiger charge is -2.02. The third-order valence-electron chi connectivity index (χ3n) is 4.39. The molecule has 0 fully saturated rings. The molecule has 0 amide bonds. The average Bonchev–Trinajstić information content (AvgIpc) is 2.92. The molecule has 4 aromatic rings. The lowest BCUT2D eigenvalue weighted by molar-refractivity contribution is 0.902. The molecular formula is C23H17BrN2O. The maximum absolute atomic E-state index is 12.7. The molecule has 3 nitrogen and oxygen atoms in total. The molecule has 132 valence electrons. The van der Waals surface area contributed by atoms with Crippen molar-refractivity contribution in [3.8, 4) is 5.69 Å². The Labute approximate surface area is 165 Å². The monoisotopic (exact) mass is 416 g/mol. The Kier molecular flexibility index (Phi) is 4.73. The zero-order chi connectivity index (χ0) is 18.8. The summed E-state index contributed by atoms with van der Waals surface area (Å²) >= 11 is 3.45. The van der Waals surface area contributed by atoms with Crippen molar-refractivity contribution in [3.63, 3.8) is 0 Å². The lowest BCUT2D eigenvalue weighted by atomic mass is 10.1. The largest absolute Gasteiger partial charge is 0.288 e. The summed E-state index contributed by atoms with van der Waals surface area (Å²) in [5.41, 5.74) is 4.45. The zero-order valence-corrected chi connectivity index (χ0v) is 16.3. The highest BCUT2D eigenvalue weighted by atomic mass is 79.9. The molecule has 0 aliphatic heterocycles. The van der Waals surface area contributed by atoms with Gasteiger partial charge in [0.25, 0.3) is 0 Å². The molecule has 1 heterocycles. The molecule has 0 aliphatic carbocycles. The van der Waals surface area contributed by atoms with E-state index in [4.69, 9.17) is 5.10 Å². The van der Waals surface area contributed by atoms with E-state index in [0.29, 0.717) is 5.52 Å². The van der Waals surface area contributed by atoms with E-state index in [9.17, 15) is 4.79 Å². The van der Waals surface area contributed by atoms with Gasteiger partial charge >= 0.3 is 0 Å². The van der Waals surface area contributed by atoms with E-state index in [1.165, 1.54) is 5.56 Å². The van der Waals surface area contributed by atoms with Crippen molar-refractivity contribution in [3.05, 3.63) is 104 Å². The van der Waals surface area contributed by atoms with Crippen molar-refractivity contribution < 1.29 is 0 Å². The third kappa shape index (κ3) is 3.62. The number of rotatable bonds is 3. The van der Waals surface area contributed by atoms with E-state index in [1.54, 1.807) is 16.8 Å². The molecule has 0 saturated carbocycles. The van der Waals surface area contributed by atoms with E-state index in [2.05, 4.69) is 47.1 Å². The minimum Gasteiger partial charge on any atom is -0.288 e. The van der Waals surface area contributed by atoms with Gasteiger partial charge in [-0.3, -0.25) is 4.79 Å². The van der Waals surface area contributed by atoms with Gasteiger partial charge in [-0.2, -0.15) is 5.10 Å². The summed E-state index contributed by atoms with van der Waals surface area (Å²) < 4.78 is 2.70. The van der Waals surface area contributed by atoms with Gasteiger partial charge in [0.15, 0.2) is 0 Å². The van der Waals surface area contributed by atoms with Crippen LogP contribution in [0.5, 0.6) is 0 Å². The van der Waals surface area contributed by atoms with Gasteiger partial charge in [0.2, 0.25) is 5.43 Å². The van der Waals surface area contributed by atoms with Crippen LogP contribution in [-0.2, 0) is 0 Å². The Balaban J connectivity index is 1.90. The fourth-order valence-corrected chi connectivity index (χ4v) is 3.23. The molecule has 4 rings (SSSR count). The first-order chi connectivity index (χ1) is 13.1. The number of hydrogen-bond acceptors (Lipinski definition) is 2. The first-order valence-electron chi connectivity index (χ1n) is 8.64. The number of hydrogen-bond donors (Lipinski definition) is 0. The van der Waals surface area contributed by atoms with E-state index in [1.807, 2.05) is 48.6 Å². The van der Waals surface area contributed by atoms with E-state index in [-0.39, 0.29) is 5.43 Å². The second-order valence-electron chi connectivity index (χ2n) is 6.36. The number of nitrogens with zero attached hydrogens (tertiary/aromatic N) is 2. The zero-order valence-electron chi connectivity index (χ0n) is 14.8. The summed E-state index contributed by atoms with van der Waals surface area (Å²) in [5.74, 6) is 0. The van der Waals surface area contributed by atoms with Crippen LogP contribution in [0.25, 0.3) is 28.7 Å². The third-order valence-corrected chi connectivity index (χ3v) is 4.92. The molecule has 27 heavy (non-hydrogen) atoms. The second-order valence-corrected chi connectivity index (χ2v) is 7.28. The minimum atomic E-state index is -0.0552. The van der Waals surface area contributed by atoms with Crippen LogP contribution < -0.4 is 5.43 Å². The van der Waals surface area contributed by atoms with E-state index < -0.39 is 0 Å². The highest BCUT2D eigenvalue weighted by Crippen LogP contribution is 2.22. The van der Waals surface area contributed by atoms with Gasteiger partial charge < -0.3 is 0 Å². The van der Waals surface area contributed by atoms with Crippen LogP contribution >= 0.6 is 15.9 Å². The topological polar surface area (TPSA) is 34.9 Å². The van der Waals surface area contributed by atoms with Gasteiger partial charge in [-0.25, -0.2) is 4.68 Å². The first-order valence-corrected chi connectivity index (χ1v) is 9.44. The van der Waals surface area contributed by atoms with Gasteiger partial charge in [0.1, 0.15) is 5.52 Å². The molecule has 0 saturated heterocycles. The molecule has 1 aromatic heterocycles. The Hall–Kier alpha value is -2.98. The average molecular weight is 417 g/mol. The lowest BCUT2D eigenvalue weighted by Crippen LogP contribution is -2.04. The van der Waals surface area contributed by atoms with Crippen molar-refractivity contribution in [2.24, 2.45) is 0 Å². The van der Waals surface area contributed by atoms with Crippen LogP contribution in [-0.4, -0.2) is 9.78 Å². The fraction of sp³-hybridized carbons (Fsp3) is 0.0435. The molecule has 0 spiro atoms. The predicted molar refractivity (Wildman–Crippen MR) is 115 cm³/mol.